The van der Waals surface area contributed by atoms with Crippen molar-refractivity contribution >= 4 is 28.9 Å². The van der Waals surface area contributed by atoms with E-state index >= 15 is 0 Å². The van der Waals surface area contributed by atoms with Crippen LogP contribution in [0.4, 0.5) is 17.1 Å². The summed E-state index contributed by atoms with van der Waals surface area (Å²) in [5.74, 6) is 1.49. The monoisotopic (exact) mass is 452 g/mol. The molecule has 0 spiro atoms. The lowest BCUT2D eigenvalue weighted by molar-refractivity contribution is 0.0697. The van der Waals surface area contributed by atoms with Gasteiger partial charge in [-0.2, -0.15) is 0 Å². The van der Waals surface area contributed by atoms with Gasteiger partial charge in [0.15, 0.2) is 0 Å². The number of benzene rings is 3. The maximum absolute atomic E-state index is 12.9. The van der Waals surface area contributed by atoms with Crippen LogP contribution in [0.25, 0.3) is 0 Å². The highest BCUT2D eigenvalue weighted by atomic mass is 16.4. The first kappa shape index (κ1) is 21.0. The van der Waals surface area contributed by atoms with E-state index in [1.807, 2.05) is 18.2 Å². The van der Waals surface area contributed by atoms with Crippen LogP contribution in [0.15, 0.2) is 72.8 Å². The molecule has 3 aromatic rings. The van der Waals surface area contributed by atoms with E-state index in [4.69, 9.17) is 0 Å². The molecule has 4 saturated carbocycles. The fourth-order valence-electron chi connectivity index (χ4n) is 7.03. The number of anilines is 3. The third kappa shape index (κ3) is 3.56. The number of aromatic carboxylic acids is 1. The van der Waals surface area contributed by atoms with Gasteiger partial charge in [0.25, 0.3) is 5.91 Å². The lowest BCUT2D eigenvalue weighted by Gasteiger charge is -2.33. The minimum Gasteiger partial charge on any atom is -0.478 e. The molecule has 2 unspecified atom stereocenters. The SMILES string of the molecule is O=C(Nc1ccc(C23CC4CC(CC2C4)C3)cc1)c1cccc(Nc2ccccc2C(=O)O)c1. The third-order valence-corrected chi connectivity index (χ3v) is 8.27. The van der Waals surface area contributed by atoms with Gasteiger partial charge in [-0.1, -0.05) is 30.3 Å². The van der Waals surface area contributed by atoms with Gasteiger partial charge in [0, 0.05) is 16.9 Å². The molecule has 5 nitrogen and oxygen atoms in total. The lowest BCUT2D eigenvalue weighted by atomic mass is 9.71. The van der Waals surface area contributed by atoms with Crippen molar-refractivity contribution in [2.75, 3.05) is 10.6 Å². The van der Waals surface area contributed by atoms with Crippen molar-refractivity contribution in [3.8, 4) is 0 Å². The fourth-order valence-corrected chi connectivity index (χ4v) is 7.03. The molecule has 7 rings (SSSR count). The Morgan fingerprint density at radius 1 is 0.824 bits per heavy atom. The van der Waals surface area contributed by atoms with Crippen molar-refractivity contribution in [2.24, 2.45) is 17.8 Å². The van der Waals surface area contributed by atoms with Crippen molar-refractivity contribution < 1.29 is 14.7 Å². The number of nitrogens with one attached hydrogen (secondary N) is 2. The van der Waals surface area contributed by atoms with Gasteiger partial charge >= 0.3 is 5.97 Å². The maximum Gasteiger partial charge on any atom is 0.337 e. The first-order valence-corrected chi connectivity index (χ1v) is 12.1. The molecular formula is C29H28N2O3. The number of rotatable bonds is 6. The molecule has 4 bridgehead atoms. The Morgan fingerprint density at radius 3 is 2.29 bits per heavy atom. The van der Waals surface area contributed by atoms with Gasteiger partial charge in [0.1, 0.15) is 0 Å². The van der Waals surface area contributed by atoms with Crippen molar-refractivity contribution in [2.45, 2.75) is 37.5 Å². The number of hydrogen-bond acceptors (Lipinski definition) is 3. The molecule has 4 aliphatic carbocycles. The number of para-hydroxylation sites is 1. The number of carbonyl (C=O) groups is 2. The predicted octanol–water partition coefficient (Wildman–Crippen LogP) is 6.46. The molecule has 3 aromatic carbocycles. The molecule has 0 aromatic heterocycles. The van der Waals surface area contributed by atoms with E-state index < -0.39 is 5.97 Å². The predicted molar refractivity (Wildman–Crippen MR) is 133 cm³/mol. The molecule has 0 heterocycles. The highest BCUT2D eigenvalue weighted by Gasteiger charge is 2.58. The largest absolute Gasteiger partial charge is 0.478 e. The molecule has 4 fully saturated rings. The molecule has 4 aliphatic rings. The normalized spacial score (nSPS) is 26.4. The van der Waals surface area contributed by atoms with E-state index in [9.17, 15) is 14.7 Å². The summed E-state index contributed by atoms with van der Waals surface area (Å²) in [7, 11) is 0. The minimum absolute atomic E-state index is 0.181. The van der Waals surface area contributed by atoms with Crippen molar-refractivity contribution in [1.29, 1.82) is 0 Å². The van der Waals surface area contributed by atoms with Gasteiger partial charge < -0.3 is 15.7 Å². The molecule has 0 aliphatic heterocycles. The van der Waals surface area contributed by atoms with E-state index in [2.05, 4.69) is 22.8 Å². The molecule has 2 atom stereocenters. The van der Waals surface area contributed by atoms with Gasteiger partial charge in [-0.15, -0.1) is 0 Å². The second kappa shape index (κ2) is 8.01. The first-order valence-electron chi connectivity index (χ1n) is 12.1. The summed E-state index contributed by atoms with van der Waals surface area (Å²) < 4.78 is 0. The standard InChI is InChI=1S/C29H28N2O3/c32-27(20-4-3-5-24(15-20)30-26-7-2-1-6-25(26)28(33)34)31-23-10-8-21(9-11-23)29-16-18-12-19(17-29)14-22(29)13-18/h1-11,15,18-19,22,30H,12-14,16-17H2,(H,31,32)(H,33,34). The third-order valence-electron chi connectivity index (χ3n) is 8.27. The van der Waals surface area contributed by atoms with Crippen LogP contribution in [0, 0.1) is 17.8 Å². The number of amides is 1. The van der Waals surface area contributed by atoms with Gasteiger partial charge in [0.2, 0.25) is 0 Å². The molecule has 172 valence electrons. The Labute approximate surface area is 199 Å². The Bertz CT molecular complexity index is 1250. The Hall–Kier alpha value is -3.60. The van der Waals surface area contributed by atoms with Crippen LogP contribution in [0.5, 0.6) is 0 Å². The summed E-state index contributed by atoms with van der Waals surface area (Å²) >= 11 is 0. The van der Waals surface area contributed by atoms with E-state index in [1.54, 1.807) is 42.5 Å². The Kier molecular flexibility index (Phi) is 4.94. The smallest absolute Gasteiger partial charge is 0.337 e. The second-order valence-electron chi connectivity index (χ2n) is 10.3. The highest BCUT2D eigenvalue weighted by molar-refractivity contribution is 6.05. The van der Waals surface area contributed by atoms with Crippen LogP contribution in [-0.4, -0.2) is 17.0 Å². The molecule has 0 saturated heterocycles. The van der Waals surface area contributed by atoms with E-state index in [0.717, 1.165) is 23.4 Å². The number of carboxylic acid groups (broad SMARTS) is 1. The Balaban J connectivity index is 1.16. The summed E-state index contributed by atoms with van der Waals surface area (Å²) in [6.45, 7) is 0. The summed E-state index contributed by atoms with van der Waals surface area (Å²) in [5, 5.41) is 15.5. The highest BCUT2D eigenvalue weighted by Crippen LogP contribution is 2.65. The fraction of sp³-hybridized carbons (Fsp3) is 0.310. The number of carbonyl (C=O) groups excluding carboxylic acids is 1. The van der Waals surface area contributed by atoms with Crippen molar-refractivity contribution in [3.63, 3.8) is 0 Å². The van der Waals surface area contributed by atoms with Crippen molar-refractivity contribution in [3.05, 3.63) is 89.5 Å². The molecule has 5 heteroatoms. The van der Waals surface area contributed by atoms with Crippen molar-refractivity contribution in [1.82, 2.24) is 0 Å². The molecule has 34 heavy (non-hydrogen) atoms. The number of hydrogen-bond donors (Lipinski definition) is 3. The molecule has 1 amide bonds. The lowest BCUT2D eigenvalue weighted by Crippen LogP contribution is -2.27. The van der Waals surface area contributed by atoms with Gasteiger partial charge in [-0.25, -0.2) is 4.79 Å². The van der Waals surface area contributed by atoms with E-state index in [0.29, 0.717) is 22.4 Å². The summed E-state index contributed by atoms with van der Waals surface area (Å²) in [6.07, 6.45) is 6.91. The van der Waals surface area contributed by atoms with Crippen LogP contribution in [-0.2, 0) is 5.41 Å². The van der Waals surface area contributed by atoms with E-state index in [1.165, 1.54) is 37.7 Å². The van der Waals surface area contributed by atoms with Gasteiger partial charge in [-0.3, -0.25) is 4.79 Å². The minimum atomic E-state index is -1.00. The summed E-state index contributed by atoms with van der Waals surface area (Å²) in [5.41, 5.74) is 4.44. The average Bonchev–Trinajstić information content (AvgIpc) is 3.24. The maximum atomic E-state index is 12.9. The zero-order valence-corrected chi connectivity index (χ0v) is 19.0. The van der Waals surface area contributed by atoms with Crippen LogP contribution >= 0.6 is 0 Å². The second-order valence-corrected chi connectivity index (χ2v) is 10.3. The first-order chi connectivity index (χ1) is 16.5. The van der Waals surface area contributed by atoms with E-state index in [-0.39, 0.29) is 11.5 Å². The average molecular weight is 453 g/mol. The molecule has 3 N–H and O–H groups in total. The molecule has 0 radical (unpaired) electrons. The molecular weight excluding hydrogens is 424 g/mol. The van der Waals surface area contributed by atoms with Gasteiger partial charge in [-0.05, 0) is 103 Å². The van der Waals surface area contributed by atoms with Crippen LogP contribution in [0.1, 0.15) is 58.4 Å². The number of carboxylic acids is 1. The van der Waals surface area contributed by atoms with Crippen LogP contribution in [0.3, 0.4) is 0 Å². The summed E-state index contributed by atoms with van der Waals surface area (Å²) in [4.78, 5) is 24.4. The van der Waals surface area contributed by atoms with Crippen LogP contribution in [0.2, 0.25) is 0 Å². The zero-order chi connectivity index (χ0) is 23.3. The quantitative estimate of drug-likeness (QED) is 0.401. The van der Waals surface area contributed by atoms with Crippen LogP contribution < -0.4 is 10.6 Å². The zero-order valence-electron chi connectivity index (χ0n) is 19.0. The Morgan fingerprint density at radius 2 is 1.56 bits per heavy atom. The summed E-state index contributed by atoms with van der Waals surface area (Å²) in [6, 6.07) is 22.3. The van der Waals surface area contributed by atoms with Gasteiger partial charge in [0.05, 0.1) is 11.3 Å². The topological polar surface area (TPSA) is 78.4 Å².